The maximum absolute atomic E-state index is 10.5. The van der Waals surface area contributed by atoms with Gasteiger partial charge >= 0.3 is 0 Å². The molecule has 0 aliphatic heterocycles. The number of nitrogens with one attached hydrogen (secondary N) is 1. The predicted octanol–water partition coefficient (Wildman–Crippen LogP) is 0.102. The van der Waals surface area contributed by atoms with E-state index in [1.165, 1.54) is 0 Å². The first-order valence-corrected chi connectivity index (χ1v) is 3.03. The molecule has 0 atom stereocenters. The van der Waals surface area contributed by atoms with Gasteiger partial charge in [-0.05, 0) is 6.92 Å². The lowest BCUT2D eigenvalue weighted by Crippen LogP contribution is -2.29. The Balaban J connectivity index is 3.60. The summed E-state index contributed by atoms with van der Waals surface area (Å²) in [5, 5.41) is 2.41. The van der Waals surface area contributed by atoms with E-state index in [4.69, 9.17) is 0 Å². The Morgan fingerprint density at radius 1 is 1.33 bits per heavy atom. The number of ketones is 1. The second-order valence-corrected chi connectivity index (χ2v) is 1.64. The van der Waals surface area contributed by atoms with Crippen LogP contribution in [0.15, 0.2) is 0 Å². The summed E-state index contributed by atoms with van der Waals surface area (Å²) in [6.07, 6.45) is 0.284. The summed E-state index contributed by atoms with van der Waals surface area (Å²) < 4.78 is 0. The number of carbonyl (C=O) groups excluding carboxylic acids is 2. The molecule has 0 spiro atoms. The number of likely N-dealkylation sites (N-methyl/N-ethyl adjacent to an activating group) is 1. The van der Waals surface area contributed by atoms with Gasteiger partial charge in [-0.15, -0.1) is 0 Å². The molecule has 0 aromatic rings. The molecule has 0 unspecified atom stereocenters. The molecule has 3 heteroatoms. The Kier molecular flexibility index (Phi) is 3.67. The van der Waals surface area contributed by atoms with Crippen molar-refractivity contribution in [3.8, 4) is 0 Å². The maximum atomic E-state index is 10.5. The number of Topliss-reactive ketones (excluding diaryl/α,β-unsaturated/α-hetero) is 1. The third-order valence-corrected chi connectivity index (χ3v) is 0.912. The molecule has 0 aliphatic carbocycles. The van der Waals surface area contributed by atoms with Gasteiger partial charge in [0, 0.05) is 13.0 Å². The van der Waals surface area contributed by atoms with Crippen LogP contribution in [0.25, 0.3) is 0 Å². The van der Waals surface area contributed by atoms with Crippen molar-refractivity contribution in [3.05, 3.63) is 0 Å². The van der Waals surface area contributed by atoms with Gasteiger partial charge in [0.2, 0.25) is 5.78 Å². The van der Waals surface area contributed by atoms with Gasteiger partial charge in [-0.3, -0.25) is 9.59 Å². The second kappa shape index (κ2) is 4.06. The average molecular weight is 129 g/mol. The fraction of sp³-hybridized carbons (Fsp3) is 0.667. The Morgan fingerprint density at radius 3 is 2.22 bits per heavy atom. The van der Waals surface area contributed by atoms with E-state index in [0.29, 0.717) is 6.54 Å². The van der Waals surface area contributed by atoms with Crippen molar-refractivity contribution in [1.82, 2.24) is 5.32 Å². The smallest absolute Gasteiger partial charge is 0.287 e. The first-order valence-electron chi connectivity index (χ1n) is 3.03. The van der Waals surface area contributed by atoms with Crippen molar-refractivity contribution >= 4 is 11.7 Å². The average Bonchev–Trinajstić information content (AvgIpc) is 1.87. The van der Waals surface area contributed by atoms with Crippen molar-refractivity contribution in [2.45, 2.75) is 20.3 Å². The zero-order valence-electron chi connectivity index (χ0n) is 5.73. The van der Waals surface area contributed by atoms with Crippen molar-refractivity contribution in [2.75, 3.05) is 6.54 Å². The van der Waals surface area contributed by atoms with Crippen LogP contribution in [0.5, 0.6) is 0 Å². The van der Waals surface area contributed by atoms with Gasteiger partial charge in [-0.1, -0.05) is 6.92 Å². The minimum Gasteiger partial charge on any atom is -0.350 e. The molecule has 0 rings (SSSR count). The largest absolute Gasteiger partial charge is 0.350 e. The lowest BCUT2D eigenvalue weighted by atomic mass is 10.3. The molecule has 1 N–H and O–H groups in total. The van der Waals surface area contributed by atoms with E-state index < -0.39 is 5.91 Å². The zero-order chi connectivity index (χ0) is 7.28. The number of carbonyl (C=O) groups is 2. The summed E-state index contributed by atoms with van der Waals surface area (Å²) in [5.74, 6) is -0.822. The van der Waals surface area contributed by atoms with Crippen molar-refractivity contribution in [2.24, 2.45) is 0 Å². The third-order valence-electron chi connectivity index (χ3n) is 0.912. The standard InChI is InChI=1S/C6H11NO2/c1-3-5(8)6(9)7-4-2/h3-4H2,1-2H3,(H,7,9). The highest BCUT2D eigenvalue weighted by molar-refractivity contribution is 6.36. The van der Waals surface area contributed by atoms with Gasteiger partial charge in [0.25, 0.3) is 5.91 Å². The van der Waals surface area contributed by atoms with Crippen LogP contribution in [0, 0.1) is 0 Å². The van der Waals surface area contributed by atoms with Crippen LogP contribution >= 0.6 is 0 Å². The Bertz CT molecular complexity index is 120. The van der Waals surface area contributed by atoms with Crippen LogP contribution in [-0.2, 0) is 9.59 Å². The summed E-state index contributed by atoms with van der Waals surface area (Å²) in [6.45, 7) is 3.96. The minimum absolute atomic E-state index is 0.284. The van der Waals surface area contributed by atoms with Crippen LogP contribution in [-0.4, -0.2) is 18.2 Å². The third kappa shape index (κ3) is 2.85. The van der Waals surface area contributed by atoms with E-state index >= 15 is 0 Å². The fourth-order valence-electron chi connectivity index (χ4n) is 0.420. The molecule has 0 heterocycles. The Morgan fingerprint density at radius 2 is 1.89 bits per heavy atom. The summed E-state index contributed by atoms with van der Waals surface area (Å²) in [6, 6.07) is 0. The highest BCUT2D eigenvalue weighted by Crippen LogP contribution is 1.78. The molecule has 0 aromatic carbocycles. The summed E-state index contributed by atoms with van der Waals surface area (Å²) in [7, 11) is 0. The monoisotopic (exact) mass is 129 g/mol. The lowest BCUT2D eigenvalue weighted by molar-refractivity contribution is -0.137. The van der Waals surface area contributed by atoms with Gasteiger partial charge in [-0.25, -0.2) is 0 Å². The molecule has 0 bridgehead atoms. The van der Waals surface area contributed by atoms with Crippen LogP contribution in [0.1, 0.15) is 20.3 Å². The number of hydrogen-bond acceptors (Lipinski definition) is 2. The molecular weight excluding hydrogens is 118 g/mol. The molecule has 3 nitrogen and oxygen atoms in total. The normalized spacial score (nSPS) is 8.67. The SMILES string of the molecule is CCNC(=O)C(=O)CC. The molecule has 52 valence electrons. The topological polar surface area (TPSA) is 46.2 Å². The van der Waals surface area contributed by atoms with Crippen molar-refractivity contribution < 1.29 is 9.59 Å². The van der Waals surface area contributed by atoms with Gasteiger partial charge in [-0.2, -0.15) is 0 Å². The Hall–Kier alpha value is -0.860. The van der Waals surface area contributed by atoms with Crippen LogP contribution in [0.4, 0.5) is 0 Å². The summed E-state index contributed by atoms with van der Waals surface area (Å²) in [4.78, 5) is 21.0. The zero-order valence-corrected chi connectivity index (χ0v) is 5.73. The van der Waals surface area contributed by atoms with Crippen LogP contribution < -0.4 is 5.32 Å². The van der Waals surface area contributed by atoms with Crippen LogP contribution in [0.2, 0.25) is 0 Å². The number of rotatable bonds is 3. The van der Waals surface area contributed by atoms with Crippen molar-refractivity contribution in [3.63, 3.8) is 0 Å². The molecule has 9 heavy (non-hydrogen) atoms. The Labute approximate surface area is 54.4 Å². The van der Waals surface area contributed by atoms with E-state index in [9.17, 15) is 9.59 Å². The first-order chi connectivity index (χ1) is 4.22. The highest BCUT2D eigenvalue weighted by Gasteiger charge is 2.07. The van der Waals surface area contributed by atoms with E-state index in [1.807, 2.05) is 0 Å². The fourth-order valence-corrected chi connectivity index (χ4v) is 0.420. The molecule has 0 radical (unpaired) electrons. The summed E-state index contributed by atoms with van der Waals surface area (Å²) in [5.41, 5.74) is 0. The van der Waals surface area contributed by atoms with E-state index in [1.54, 1.807) is 13.8 Å². The molecule has 1 amide bonds. The first kappa shape index (κ1) is 8.14. The van der Waals surface area contributed by atoms with E-state index in [0.717, 1.165) is 0 Å². The second-order valence-electron chi connectivity index (χ2n) is 1.64. The molecule has 0 aromatic heterocycles. The maximum Gasteiger partial charge on any atom is 0.287 e. The van der Waals surface area contributed by atoms with Gasteiger partial charge < -0.3 is 5.32 Å². The van der Waals surface area contributed by atoms with Gasteiger partial charge in [0.1, 0.15) is 0 Å². The van der Waals surface area contributed by atoms with Crippen LogP contribution in [0.3, 0.4) is 0 Å². The molecule has 0 saturated carbocycles. The number of hydrogen-bond donors (Lipinski definition) is 1. The highest BCUT2D eigenvalue weighted by atomic mass is 16.2. The van der Waals surface area contributed by atoms with Gasteiger partial charge in [0.05, 0.1) is 0 Å². The van der Waals surface area contributed by atoms with Crippen molar-refractivity contribution in [1.29, 1.82) is 0 Å². The van der Waals surface area contributed by atoms with Gasteiger partial charge in [0.15, 0.2) is 0 Å². The van der Waals surface area contributed by atoms with E-state index in [2.05, 4.69) is 5.32 Å². The molecule has 0 saturated heterocycles. The summed E-state index contributed by atoms with van der Waals surface area (Å²) >= 11 is 0. The molecule has 0 fully saturated rings. The lowest BCUT2D eigenvalue weighted by Gasteiger charge is -1.95. The predicted molar refractivity (Wildman–Crippen MR) is 34.0 cm³/mol. The molecule has 0 aliphatic rings. The van der Waals surface area contributed by atoms with E-state index in [-0.39, 0.29) is 12.2 Å². The quantitative estimate of drug-likeness (QED) is 0.549. The number of amides is 1. The minimum atomic E-state index is -0.472. The molecular formula is C6H11NO2.